The van der Waals surface area contributed by atoms with Crippen molar-refractivity contribution in [3.63, 3.8) is 0 Å². The van der Waals surface area contributed by atoms with Crippen LogP contribution < -0.4 is 0 Å². The number of carbonyl (C=O) groups excluding carboxylic acids is 1. The number of hydrogen-bond acceptors (Lipinski definition) is 4. The minimum Gasteiger partial charge on any atom is -0.481 e. The topological polar surface area (TPSA) is 66.8 Å². The van der Waals surface area contributed by atoms with Crippen LogP contribution in [0.3, 0.4) is 0 Å². The second-order valence-corrected chi connectivity index (χ2v) is 8.51. The SMILES string of the molecule is CCC1CCCN(C2(C(=O)OC(C)(C)C)CCC(C(=O)O)CC2)C1. The molecule has 1 heterocycles. The molecule has 0 aromatic heterocycles. The Balaban J connectivity index is 2.21. The van der Waals surface area contributed by atoms with Gasteiger partial charge in [-0.1, -0.05) is 13.3 Å². The van der Waals surface area contributed by atoms with Gasteiger partial charge in [0.25, 0.3) is 0 Å². The zero-order valence-electron chi connectivity index (χ0n) is 15.6. The van der Waals surface area contributed by atoms with Crippen molar-refractivity contribution in [2.75, 3.05) is 13.1 Å². The van der Waals surface area contributed by atoms with Crippen LogP contribution in [0.25, 0.3) is 0 Å². The Hall–Kier alpha value is -1.10. The molecule has 0 aromatic rings. The van der Waals surface area contributed by atoms with Crippen LogP contribution >= 0.6 is 0 Å². The molecule has 1 aliphatic carbocycles. The molecule has 138 valence electrons. The fourth-order valence-corrected chi connectivity index (χ4v) is 4.15. The summed E-state index contributed by atoms with van der Waals surface area (Å²) in [5.74, 6) is -0.601. The highest BCUT2D eigenvalue weighted by Gasteiger charge is 2.50. The fourth-order valence-electron chi connectivity index (χ4n) is 4.15. The molecule has 2 rings (SSSR count). The number of piperidine rings is 1. The molecule has 2 aliphatic rings. The number of esters is 1. The molecule has 1 aliphatic heterocycles. The molecule has 5 heteroatoms. The van der Waals surface area contributed by atoms with Crippen molar-refractivity contribution >= 4 is 11.9 Å². The highest BCUT2D eigenvalue weighted by molar-refractivity contribution is 5.82. The second-order valence-electron chi connectivity index (χ2n) is 8.51. The highest BCUT2D eigenvalue weighted by Crippen LogP contribution is 2.40. The Morgan fingerprint density at radius 3 is 2.33 bits per heavy atom. The van der Waals surface area contributed by atoms with Crippen molar-refractivity contribution in [3.05, 3.63) is 0 Å². The van der Waals surface area contributed by atoms with E-state index in [4.69, 9.17) is 4.74 Å². The van der Waals surface area contributed by atoms with E-state index in [1.54, 1.807) is 0 Å². The largest absolute Gasteiger partial charge is 0.481 e. The predicted octanol–water partition coefficient (Wildman–Crippen LogP) is 3.46. The van der Waals surface area contributed by atoms with E-state index in [0.29, 0.717) is 31.6 Å². The van der Waals surface area contributed by atoms with Crippen LogP contribution in [0, 0.1) is 11.8 Å². The molecule has 0 amide bonds. The van der Waals surface area contributed by atoms with Crippen molar-refractivity contribution < 1.29 is 19.4 Å². The highest BCUT2D eigenvalue weighted by atomic mass is 16.6. The summed E-state index contributed by atoms with van der Waals surface area (Å²) in [6, 6.07) is 0. The quantitative estimate of drug-likeness (QED) is 0.795. The van der Waals surface area contributed by atoms with Crippen molar-refractivity contribution in [1.82, 2.24) is 4.90 Å². The van der Waals surface area contributed by atoms with E-state index in [-0.39, 0.29) is 11.9 Å². The Morgan fingerprint density at radius 2 is 1.83 bits per heavy atom. The van der Waals surface area contributed by atoms with E-state index in [1.807, 2.05) is 20.8 Å². The summed E-state index contributed by atoms with van der Waals surface area (Å²) in [6.07, 6.45) is 5.74. The minimum atomic E-state index is -0.738. The van der Waals surface area contributed by atoms with Crippen LogP contribution in [0.15, 0.2) is 0 Å². The van der Waals surface area contributed by atoms with Gasteiger partial charge < -0.3 is 9.84 Å². The molecular weight excluding hydrogens is 306 g/mol. The summed E-state index contributed by atoms with van der Waals surface area (Å²) in [6.45, 7) is 9.72. The van der Waals surface area contributed by atoms with Gasteiger partial charge in [0.1, 0.15) is 11.1 Å². The maximum Gasteiger partial charge on any atom is 0.327 e. The Labute approximate surface area is 145 Å². The summed E-state index contributed by atoms with van der Waals surface area (Å²) < 4.78 is 5.77. The molecule has 0 bridgehead atoms. The maximum absolute atomic E-state index is 13.1. The lowest BCUT2D eigenvalue weighted by Crippen LogP contribution is -2.60. The Bertz CT molecular complexity index is 460. The van der Waals surface area contributed by atoms with E-state index in [0.717, 1.165) is 25.9 Å². The zero-order valence-corrected chi connectivity index (χ0v) is 15.6. The predicted molar refractivity (Wildman–Crippen MR) is 92.8 cm³/mol. The van der Waals surface area contributed by atoms with Gasteiger partial charge in [-0.15, -0.1) is 0 Å². The lowest BCUT2D eigenvalue weighted by molar-refractivity contribution is -0.176. The van der Waals surface area contributed by atoms with Crippen molar-refractivity contribution in [1.29, 1.82) is 0 Å². The average Bonchev–Trinajstić information content (AvgIpc) is 2.53. The Kier molecular flexibility index (Phi) is 5.95. The second kappa shape index (κ2) is 7.42. The van der Waals surface area contributed by atoms with Gasteiger partial charge in [-0.05, 0) is 71.8 Å². The molecule has 0 aromatic carbocycles. The first-order valence-electron chi connectivity index (χ1n) is 9.39. The molecule has 1 unspecified atom stereocenters. The fraction of sp³-hybridized carbons (Fsp3) is 0.895. The van der Waals surface area contributed by atoms with Crippen LogP contribution in [-0.2, 0) is 14.3 Å². The Morgan fingerprint density at radius 1 is 1.21 bits per heavy atom. The standard InChI is InChI=1S/C19H33NO4/c1-5-14-7-6-12-20(13-14)19(17(23)24-18(2,3)4)10-8-15(9-11-19)16(21)22/h14-15H,5-13H2,1-4H3,(H,21,22). The number of likely N-dealkylation sites (tertiary alicyclic amines) is 1. The first kappa shape index (κ1) is 19.2. The number of carboxylic acids is 1. The van der Waals surface area contributed by atoms with Crippen molar-refractivity contribution in [3.8, 4) is 0 Å². The molecule has 5 nitrogen and oxygen atoms in total. The summed E-state index contributed by atoms with van der Waals surface area (Å²) >= 11 is 0. The maximum atomic E-state index is 13.1. The molecule has 2 fully saturated rings. The normalized spacial score (nSPS) is 32.3. The number of hydrogen-bond donors (Lipinski definition) is 1. The molecule has 1 atom stereocenters. The van der Waals surface area contributed by atoms with Gasteiger partial charge >= 0.3 is 11.9 Å². The first-order valence-corrected chi connectivity index (χ1v) is 9.39. The third-order valence-electron chi connectivity index (χ3n) is 5.64. The van der Waals surface area contributed by atoms with Gasteiger partial charge in [0.2, 0.25) is 0 Å². The van der Waals surface area contributed by atoms with E-state index in [2.05, 4.69) is 11.8 Å². The van der Waals surface area contributed by atoms with Gasteiger partial charge in [-0.3, -0.25) is 14.5 Å². The van der Waals surface area contributed by atoms with Gasteiger partial charge in [0, 0.05) is 6.54 Å². The molecule has 24 heavy (non-hydrogen) atoms. The van der Waals surface area contributed by atoms with Crippen molar-refractivity contribution in [2.24, 2.45) is 11.8 Å². The lowest BCUT2D eigenvalue weighted by atomic mass is 9.74. The zero-order chi connectivity index (χ0) is 18.0. The monoisotopic (exact) mass is 339 g/mol. The summed E-state index contributed by atoms with van der Waals surface area (Å²) in [7, 11) is 0. The lowest BCUT2D eigenvalue weighted by Gasteiger charge is -2.49. The molecule has 0 radical (unpaired) electrons. The minimum absolute atomic E-state index is 0.157. The number of ether oxygens (including phenoxy) is 1. The molecule has 1 N–H and O–H groups in total. The van der Waals surface area contributed by atoms with E-state index in [9.17, 15) is 14.7 Å². The third-order valence-corrected chi connectivity index (χ3v) is 5.64. The van der Waals surface area contributed by atoms with Gasteiger partial charge in [-0.25, -0.2) is 0 Å². The average molecular weight is 339 g/mol. The molecule has 1 saturated heterocycles. The number of carbonyl (C=O) groups is 2. The smallest absolute Gasteiger partial charge is 0.327 e. The number of nitrogens with zero attached hydrogens (tertiary/aromatic N) is 1. The third kappa shape index (κ3) is 4.29. The summed E-state index contributed by atoms with van der Waals surface area (Å²) in [5, 5.41) is 9.29. The number of aliphatic carboxylic acids is 1. The van der Waals surface area contributed by atoms with E-state index >= 15 is 0 Å². The van der Waals surface area contributed by atoms with Crippen LogP contribution in [0.2, 0.25) is 0 Å². The number of rotatable bonds is 4. The first-order chi connectivity index (χ1) is 11.2. The van der Waals surface area contributed by atoms with E-state index in [1.165, 1.54) is 6.42 Å². The molecule has 1 saturated carbocycles. The van der Waals surface area contributed by atoms with Crippen LogP contribution in [0.4, 0.5) is 0 Å². The van der Waals surface area contributed by atoms with Crippen molar-refractivity contribution in [2.45, 2.75) is 83.8 Å². The summed E-state index contributed by atoms with van der Waals surface area (Å²) in [5.41, 5.74) is -1.15. The van der Waals surface area contributed by atoms with Gasteiger partial charge in [-0.2, -0.15) is 0 Å². The van der Waals surface area contributed by atoms with E-state index < -0.39 is 17.1 Å². The van der Waals surface area contributed by atoms with Gasteiger partial charge in [0.15, 0.2) is 0 Å². The van der Waals surface area contributed by atoms with Crippen LogP contribution in [0.1, 0.15) is 72.6 Å². The van der Waals surface area contributed by atoms with Crippen LogP contribution in [0.5, 0.6) is 0 Å². The molecular formula is C19H33NO4. The molecule has 0 spiro atoms. The van der Waals surface area contributed by atoms with Gasteiger partial charge in [0.05, 0.1) is 5.92 Å². The van der Waals surface area contributed by atoms with Crippen LogP contribution in [-0.4, -0.2) is 46.2 Å². The summed E-state index contributed by atoms with van der Waals surface area (Å²) in [4.78, 5) is 26.7. The number of carboxylic acid groups (broad SMARTS) is 1.